The molecule has 0 aliphatic carbocycles. The number of aryl methyl sites for hydroxylation is 1. The number of ether oxygens (including phenoxy) is 2. The summed E-state index contributed by atoms with van der Waals surface area (Å²) in [6.07, 6.45) is 1.53. The highest BCUT2D eigenvalue weighted by atomic mass is 16.5. The molecule has 33 heavy (non-hydrogen) atoms. The van der Waals surface area contributed by atoms with Crippen LogP contribution in [0.25, 0.3) is 33.2 Å². The monoisotopic (exact) mass is 438 g/mol. The van der Waals surface area contributed by atoms with Gasteiger partial charge in [-0.2, -0.15) is 5.10 Å². The summed E-state index contributed by atoms with van der Waals surface area (Å²) in [6.45, 7) is 2.04. The van der Waals surface area contributed by atoms with Crippen molar-refractivity contribution < 1.29 is 13.9 Å². The molecular weight excluding hydrogens is 416 g/mol. The average molecular weight is 438 g/mol. The molecule has 0 saturated carbocycles. The van der Waals surface area contributed by atoms with Crippen LogP contribution in [0.2, 0.25) is 0 Å². The maximum absolute atomic E-state index is 6.23. The summed E-state index contributed by atoms with van der Waals surface area (Å²) in [6, 6.07) is 21.4. The minimum absolute atomic E-state index is 0.623. The number of para-hydroxylation sites is 1. The van der Waals surface area contributed by atoms with Gasteiger partial charge in [0.05, 0.1) is 25.1 Å². The van der Waals surface area contributed by atoms with Gasteiger partial charge < -0.3 is 13.9 Å². The summed E-state index contributed by atoms with van der Waals surface area (Å²) in [4.78, 5) is 8.68. The highest BCUT2D eigenvalue weighted by Crippen LogP contribution is 2.32. The van der Waals surface area contributed by atoms with E-state index in [-0.39, 0.29) is 0 Å². The smallest absolute Gasteiger partial charge is 0.161 e. The van der Waals surface area contributed by atoms with Crippen LogP contribution in [0.5, 0.6) is 11.5 Å². The molecule has 2 aromatic heterocycles. The number of hydrogen-bond acceptors (Lipinski definition) is 7. The van der Waals surface area contributed by atoms with Crippen LogP contribution in [0.3, 0.4) is 0 Å². The van der Waals surface area contributed by atoms with E-state index >= 15 is 0 Å². The Bertz CT molecular complexity index is 1540. The highest BCUT2D eigenvalue weighted by molar-refractivity contribution is 5.88. The zero-order valence-electron chi connectivity index (χ0n) is 18.5. The topological polar surface area (TPSA) is 81.8 Å². The molecule has 0 radical (unpaired) electrons. The Balaban J connectivity index is 1.67. The molecule has 0 amide bonds. The van der Waals surface area contributed by atoms with Gasteiger partial charge in [-0.05, 0) is 49.4 Å². The fourth-order valence-corrected chi connectivity index (χ4v) is 3.71. The van der Waals surface area contributed by atoms with Crippen molar-refractivity contribution in [3.63, 3.8) is 0 Å². The van der Waals surface area contributed by atoms with Crippen LogP contribution < -0.4 is 20.3 Å². The molecule has 2 heterocycles. The first-order chi connectivity index (χ1) is 16.2. The second kappa shape index (κ2) is 8.63. The van der Waals surface area contributed by atoms with Gasteiger partial charge in [0.15, 0.2) is 17.3 Å². The molecule has 164 valence electrons. The molecule has 0 bridgehead atoms. The van der Waals surface area contributed by atoms with E-state index in [0.29, 0.717) is 23.1 Å². The normalized spacial score (nSPS) is 11.7. The summed E-state index contributed by atoms with van der Waals surface area (Å²) in [5, 5.41) is 7.22. The third-order valence-corrected chi connectivity index (χ3v) is 5.39. The minimum atomic E-state index is 0.623. The summed E-state index contributed by atoms with van der Waals surface area (Å²) in [5.41, 5.74) is 6.65. The Morgan fingerprint density at radius 2 is 1.70 bits per heavy atom. The molecule has 5 aromatic rings. The lowest BCUT2D eigenvalue weighted by molar-refractivity contribution is 0.355. The molecule has 0 aliphatic heterocycles. The molecule has 0 aliphatic rings. The third-order valence-electron chi connectivity index (χ3n) is 5.39. The van der Waals surface area contributed by atoms with Gasteiger partial charge in [0.2, 0.25) is 0 Å². The maximum Gasteiger partial charge on any atom is 0.161 e. The van der Waals surface area contributed by atoms with Crippen molar-refractivity contribution in [3.8, 4) is 22.8 Å². The molecule has 0 saturated heterocycles. The van der Waals surface area contributed by atoms with Crippen LogP contribution in [0.4, 0.5) is 5.82 Å². The lowest BCUT2D eigenvalue weighted by Gasteiger charge is -2.10. The van der Waals surface area contributed by atoms with Crippen molar-refractivity contribution in [2.24, 2.45) is 5.10 Å². The van der Waals surface area contributed by atoms with E-state index in [1.807, 2.05) is 67.6 Å². The molecular formula is C26H22N4O3. The van der Waals surface area contributed by atoms with Gasteiger partial charge in [-0.1, -0.05) is 23.8 Å². The molecule has 0 unspecified atom stereocenters. The van der Waals surface area contributed by atoms with Crippen molar-refractivity contribution in [1.82, 2.24) is 9.97 Å². The van der Waals surface area contributed by atoms with Crippen molar-refractivity contribution in [1.29, 1.82) is 0 Å². The summed E-state index contributed by atoms with van der Waals surface area (Å²) in [5.74, 6) is 2.56. The van der Waals surface area contributed by atoms with Crippen LogP contribution in [-0.4, -0.2) is 24.2 Å². The molecule has 0 atom stereocenters. The van der Waals surface area contributed by atoms with E-state index in [9.17, 15) is 0 Å². The van der Waals surface area contributed by atoms with Gasteiger partial charge in [-0.25, -0.2) is 9.97 Å². The number of benzene rings is 3. The molecule has 0 fully saturated rings. The van der Waals surface area contributed by atoms with Gasteiger partial charge in [-0.15, -0.1) is 0 Å². The largest absolute Gasteiger partial charge is 0.493 e. The van der Waals surface area contributed by atoms with Gasteiger partial charge in [0.25, 0.3) is 0 Å². The van der Waals surface area contributed by atoms with Crippen LogP contribution in [0.1, 0.15) is 5.56 Å². The second-order valence-electron chi connectivity index (χ2n) is 7.53. The van der Waals surface area contributed by atoms with Gasteiger partial charge in [-0.3, -0.25) is 5.43 Å². The van der Waals surface area contributed by atoms with E-state index in [1.165, 1.54) is 6.33 Å². The standard InChI is InChI=1S/C26H22N4O3/c1-16-8-10-22-19(12-16)21(29-30-26-18-6-4-5-7-20(18)27-15-28-26)14-24(33-22)17-9-11-23(31-2)25(13-17)32-3/h4-15H,1-3H3,(H,27,28,30)/b29-21+. The van der Waals surface area contributed by atoms with E-state index in [1.54, 1.807) is 14.2 Å². The molecule has 1 N–H and O–H groups in total. The lowest BCUT2D eigenvalue weighted by Crippen LogP contribution is -2.08. The predicted octanol–water partition coefficient (Wildman–Crippen LogP) is 5.30. The molecule has 7 heteroatoms. The number of fused-ring (bicyclic) bond motifs is 2. The Kier molecular flexibility index (Phi) is 5.36. The summed E-state index contributed by atoms with van der Waals surface area (Å²) >= 11 is 0. The first-order valence-electron chi connectivity index (χ1n) is 10.4. The van der Waals surface area contributed by atoms with E-state index in [0.717, 1.165) is 38.4 Å². The molecule has 7 nitrogen and oxygen atoms in total. The zero-order chi connectivity index (χ0) is 22.8. The van der Waals surface area contributed by atoms with Crippen molar-refractivity contribution in [3.05, 3.63) is 84.0 Å². The van der Waals surface area contributed by atoms with Gasteiger partial charge in [0, 0.05) is 22.4 Å². The van der Waals surface area contributed by atoms with E-state index in [2.05, 4.69) is 21.5 Å². The number of methoxy groups -OCH3 is 2. The SMILES string of the molecule is COc1ccc(-c2c/c(=N\Nc3ncnc4ccccc34)c3cc(C)ccc3o2)cc1OC. The van der Waals surface area contributed by atoms with Crippen molar-refractivity contribution in [2.45, 2.75) is 6.92 Å². The third kappa shape index (κ3) is 3.96. The number of nitrogens with one attached hydrogen (secondary N) is 1. The lowest BCUT2D eigenvalue weighted by atomic mass is 10.1. The van der Waals surface area contributed by atoms with Gasteiger partial charge >= 0.3 is 0 Å². The zero-order valence-corrected chi connectivity index (χ0v) is 18.5. The molecule has 3 aromatic carbocycles. The predicted molar refractivity (Wildman–Crippen MR) is 128 cm³/mol. The van der Waals surface area contributed by atoms with Crippen LogP contribution in [-0.2, 0) is 0 Å². The number of anilines is 1. The maximum atomic E-state index is 6.23. The fraction of sp³-hybridized carbons (Fsp3) is 0.115. The molecule has 0 spiro atoms. The quantitative estimate of drug-likeness (QED) is 0.375. The van der Waals surface area contributed by atoms with E-state index in [4.69, 9.17) is 19.0 Å². The van der Waals surface area contributed by atoms with Crippen LogP contribution >= 0.6 is 0 Å². The minimum Gasteiger partial charge on any atom is -0.493 e. The Hall–Kier alpha value is -4.39. The van der Waals surface area contributed by atoms with Crippen molar-refractivity contribution in [2.75, 3.05) is 19.6 Å². The first kappa shape index (κ1) is 20.5. The Morgan fingerprint density at radius 3 is 2.55 bits per heavy atom. The van der Waals surface area contributed by atoms with Gasteiger partial charge in [0.1, 0.15) is 17.7 Å². The number of rotatable bonds is 5. The number of aromatic nitrogens is 2. The summed E-state index contributed by atoms with van der Waals surface area (Å²) < 4.78 is 17.1. The average Bonchev–Trinajstić information content (AvgIpc) is 2.86. The van der Waals surface area contributed by atoms with Crippen LogP contribution in [0.15, 0.2) is 82.6 Å². The Morgan fingerprint density at radius 1 is 0.848 bits per heavy atom. The first-order valence-corrected chi connectivity index (χ1v) is 10.4. The number of nitrogens with zero attached hydrogens (tertiary/aromatic N) is 3. The Labute approximate surface area is 190 Å². The molecule has 5 rings (SSSR count). The van der Waals surface area contributed by atoms with Crippen LogP contribution in [0, 0.1) is 6.92 Å². The fourth-order valence-electron chi connectivity index (χ4n) is 3.71. The van der Waals surface area contributed by atoms with E-state index < -0.39 is 0 Å². The van der Waals surface area contributed by atoms with Crippen molar-refractivity contribution >= 4 is 27.7 Å². The number of hydrogen-bond donors (Lipinski definition) is 1. The highest BCUT2D eigenvalue weighted by Gasteiger charge is 2.11. The second-order valence-corrected chi connectivity index (χ2v) is 7.53. The summed E-state index contributed by atoms with van der Waals surface area (Å²) in [7, 11) is 3.22.